The third-order valence-corrected chi connectivity index (χ3v) is 8.48. The summed E-state index contributed by atoms with van der Waals surface area (Å²) in [6.45, 7) is 2.23. The van der Waals surface area contributed by atoms with E-state index >= 15 is 0 Å². The van der Waals surface area contributed by atoms with Crippen molar-refractivity contribution in [3.63, 3.8) is 0 Å². The molecule has 3 fully saturated rings. The Labute approximate surface area is 145 Å². The van der Waals surface area contributed by atoms with Crippen LogP contribution in [0, 0.1) is 0 Å². The Morgan fingerprint density at radius 1 is 1.35 bits per heavy atom. The summed E-state index contributed by atoms with van der Waals surface area (Å²) in [5, 5.41) is 0.876. The van der Waals surface area contributed by atoms with E-state index in [2.05, 4.69) is 4.98 Å². The van der Waals surface area contributed by atoms with Gasteiger partial charge in [-0.2, -0.15) is 0 Å². The Kier molecular flexibility index (Phi) is 3.58. The number of carbonyl (C=O) groups is 2. The van der Waals surface area contributed by atoms with Crippen LogP contribution in [0.2, 0.25) is 0 Å². The first-order valence-corrected chi connectivity index (χ1v) is 10.4. The van der Waals surface area contributed by atoms with Crippen LogP contribution in [-0.2, 0) is 16.1 Å². The van der Waals surface area contributed by atoms with Gasteiger partial charge in [0, 0.05) is 12.8 Å². The first kappa shape index (κ1) is 15.3. The summed E-state index contributed by atoms with van der Waals surface area (Å²) in [7, 11) is 4.80. The largest absolute Gasteiger partial charge is 0.320 e. The Morgan fingerprint density at radius 2 is 2.13 bits per heavy atom. The molecule has 5 nitrogen and oxygen atoms in total. The zero-order chi connectivity index (χ0) is 16.2. The average molecular weight is 366 g/mol. The number of likely N-dealkylation sites (N-methyl/N-ethyl adjacent to an activating group) is 1. The van der Waals surface area contributed by atoms with Gasteiger partial charge in [0.25, 0.3) is 5.91 Å². The molecule has 2 atom stereocenters. The van der Waals surface area contributed by atoms with Gasteiger partial charge in [-0.15, -0.1) is 11.3 Å². The normalized spacial score (nSPS) is 27.8. The topological polar surface area (TPSA) is 53.5 Å². The molecule has 2 aromatic rings. The summed E-state index contributed by atoms with van der Waals surface area (Å²) in [6, 6.07) is 7.54. The lowest BCUT2D eigenvalue weighted by Crippen LogP contribution is -2.66. The SMILES string of the molecule is CN1C(=O)C2CSSC1(C)C(=O)N2Cc1nc2ccccc2s1. The number of nitrogens with zero attached hydrogens (tertiary/aromatic N) is 3. The molecule has 23 heavy (non-hydrogen) atoms. The summed E-state index contributed by atoms with van der Waals surface area (Å²) in [5.74, 6) is 0.643. The molecule has 2 amide bonds. The highest BCUT2D eigenvalue weighted by Crippen LogP contribution is 2.47. The smallest absolute Gasteiger partial charge is 0.260 e. The predicted molar refractivity (Wildman–Crippen MR) is 95.2 cm³/mol. The number of carbonyl (C=O) groups excluding carboxylic acids is 2. The van der Waals surface area contributed by atoms with Gasteiger partial charge in [-0.05, 0) is 19.1 Å². The van der Waals surface area contributed by atoms with Crippen molar-refractivity contribution in [3.8, 4) is 0 Å². The van der Waals surface area contributed by atoms with E-state index in [0.717, 1.165) is 15.2 Å². The maximum Gasteiger partial charge on any atom is 0.260 e. The molecule has 0 aliphatic carbocycles. The van der Waals surface area contributed by atoms with Gasteiger partial charge in [0.05, 0.1) is 16.8 Å². The highest BCUT2D eigenvalue weighted by atomic mass is 33.1. The lowest BCUT2D eigenvalue weighted by molar-refractivity contribution is -0.160. The van der Waals surface area contributed by atoms with Crippen LogP contribution >= 0.6 is 32.9 Å². The van der Waals surface area contributed by atoms with Crippen molar-refractivity contribution in [2.75, 3.05) is 12.8 Å². The van der Waals surface area contributed by atoms with Gasteiger partial charge in [-0.25, -0.2) is 4.98 Å². The van der Waals surface area contributed by atoms with Crippen molar-refractivity contribution in [3.05, 3.63) is 29.3 Å². The standard InChI is InChI=1S/C15H15N3O2S3/c1-15-14(20)18(10(8-21-23-15)13(19)17(15)2)7-12-16-9-5-3-4-6-11(9)22-12/h3-6,10H,7-8H2,1-2H3. The molecule has 1 aromatic carbocycles. The molecule has 0 N–H and O–H groups in total. The number of benzene rings is 1. The fourth-order valence-corrected chi connectivity index (χ4v) is 6.83. The van der Waals surface area contributed by atoms with Crippen molar-refractivity contribution in [1.29, 1.82) is 0 Å². The molecule has 0 saturated carbocycles. The quantitative estimate of drug-likeness (QED) is 0.766. The van der Waals surface area contributed by atoms with Crippen LogP contribution in [0.25, 0.3) is 10.2 Å². The van der Waals surface area contributed by atoms with Gasteiger partial charge in [0.15, 0.2) is 4.87 Å². The summed E-state index contributed by atoms with van der Waals surface area (Å²) >= 11 is 1.58. The van der Waals surface area contributed by atoms with E-state index < -0.39 is 10.9 Å². The molecule has 3 saturated heterocycles. The van der Waals surface area contributed by atoms with E-state index in [1.54, 1.807) is 39.0 Å². The monoisotopic (exact) mass is 365 g/mol. The van der Waals surface area contributed by atoms with Crippen LogP contribution in [0.1, 0.15) is 11.9 Å². The van der Waals surface area contributed by atoms with E-state index in [0.29, 0.717) is 12.3 Å². The molecule has 120 valence electrons. The number of piperazine rings is 1. The fraction of sp³-hybridized carbons (Fsp3) is 0.400. The van der Waals surface area contributed by atoms with Crippen LogP contribution in [0.4, 0.5) is 0 Å². The van der Waals surface area contributed by atoms with E-state index in [4.69, 9.17) is 0 Å². The molecular weight excluding hydrogens is 350 g/mol. The summed E-state index contributed by atoms with van der Waals surface area (Å²) in [6.07, 6.45) is 0. The summed E-state index contributed by atoms with van der Waals surface area (Å²) < 4.78 is 1.10. The van der Waals surface area contributed by atoms with Gasteiger partial charge in [0.2, 0.25) is 5.91 Å². The number of fused-ring (bicyclic) bond motifs is 5. The highest BCUT2D eigenvalue weighted by molar-refractivity contribution is 8.77. The van der Waals surface area contributed by atoms with E-state index in [1.165, 1.54) is 10.8 Å². The van der Waals surface area contributed by atoms with Crippen LogP contribution < -0.4 is 0 Å². The maximum absolute atomic E-state index is 13.0. The first-order valence-electron chi connectivity index (χ1n) is 7.24. The molecule has 0 radical (unpaired) electrons. The summed E-state index contributed by atoms with van der Waals surface area (Å²) in [5.41, 5.74) is 0.943. The first-order chi connectivity index (χ1) is 11.0. The Hall–Kier alpha value is -1.25. The number of rotatable bonds is 2. The van der Waals surface area contributed by atoms with Crippen molar-refractivity contribution in [1.82, 2.24) is 14.8 Å². The Morgan fingerprint density at radius 3 is 2.91 bits per heavy atom. The van der Waals surface area contributed by atoms with Crippen molar-refractivity contribution in [2.45, 2.75) is 24.4 Å². The van der Waals surface area contributed by atoms with Crippen LogP contribution in [0.5, 0.6) is 0 Å². The van der Waals surface area contributed by atoms with Gasteiger partial charge in [-0.1, -0.05) is 33.7 Å². The lowest BCUT2D eigenvalue weighted by atomic mass is 10.1. The van der Waals surface area contributed by atoms with Gasteiger partial charge >= 0.3 is 0 Å². The number of thiazole rings is 1. The van der Waals surface area contributed by atoms with Gasteiger partial charge in [0.1, 0.15) is 11.0 Å². The average Bonchev–Trinajstić information content (AvgIpc) is 2.86. The van der Waals surface area contributed by atoms with Crippen LogP contribution in [0.15, 0.2) is 24.3 Å². The van der Waals surface area contributed by atoms with Crippen LogP contribution in [0.3, 0.4) is 0 Å². The second kappa shape index (κ2) is 5.39. The molecule has 2 bridgehead atoms. The van der Waals surface area contributed by atoms with Gasteiger partial charge in [-0.3, -0.25) is 9.59 Å². The Bertz CT molecular complexity index is 775. The zero-order valence-electron chi connectivity index (χ0n) is 12.7. The molecule has 3 aliphatic rings. The lowest BCUT2D eigenvalue weighted by Gasteiger charge is -2.45. The van der Waals surface area contributed by atoms with Crippen LogP contribution in [-0.4, -0.2) is 50.3 Å². The highest BCUT2D eigenvalue weighted by Gasteiger charge is 2.55. The Balaban J connectivity index is 1.70. The maximum atomic E-state index is 13.0. The molecule has 1 aromatic heterocycles. The number of hydrogen-bond acceptors (Lipinski definition) is 6. The summed E-state index contributed by atoms with van der Waals surface area (Å²) in [4.78, 5) is 32.7. The fourth-order valence-electron chi connectivity index (χ4n) is 2.90. The minimum atomic E-state index is -0.828. The number of para-hydroxylation sites is 1. The molecule has 5 rings (SSSR count). The second-order valence-corrected chi connectivity index (χ2v) is 9.63. The molecule has 0 spiro atoms. The van der Waals surface area contributed by atoms with Crippen molar-refractivity contribution < 1.29 is 9.59 Å². The minimum Gasteiger partial charge on any atom is -0.320 e. The second-order valence-electron chi connectivity index (χ2n) is 5.77. The third kappa shape index (κ3) is 2.27. The minimum absolute atomic E-state index is 0.00106. The van der Waals surface area contributed by atoms with E-state index in [9.17, 15) is 9.59 Å². The number of hydrogen-bond donors (Lipinski definition) is 0. The molecule has 4 heterocycles. The molecule has 3 aliphatic heterocycles. The molecular formula is C15H15N3O2S3. The van der Waals surface area contributed by atoms with E-state index in [1.807, 2.05) is 31.2 Å². The number of aromatic nitrogens is 1. The van der Waals surface area contributed by atoms with Gasteiger partial charge < -0.3 is 9.80 Å². The van der Waals surface area contributed by atoms with Crippen molar-refractivity contribution in [2.24, 2.45) is 0 Å². The third-order valence-electron chi connectivity index (χ3n) is 4.38. The molecule has 2 unspecified atom stereocenters. The zero-order valence-corrected chi connectivity index (χ0v) is 15.1. The van der Waals surface area contributed by atoms with E-state index in [-0.39, 0.29) is 11.8 Å². The number of amides is 2. The molecule has 8 heteroatoms. The predicted octanol–water partition coefficient (Wildman–Crippen LogP) is 2.58. The van der Waals surface area contributed by atoms with Crippen molar-refractivity contribution >= 4 is 55.0 Å².